The predicted octanol–water partition coefficient (Wildman–Crippen LogP) is 5.74. The standard InChI is InChI=1S/C21H36O2/c1-3-4-5-6-16-7-11-20-17(13-16)8-9-18-14-19(23-15(2)22)10-12-21(18)20/h16-21H,3-14H2,1-2H3. The molecule has 0 bridgehead atoms. The van der Waals surface area contributed by atoms with E-state index in [1.165, 1.54) is 64.2 Å². The molecular formula is C21H36O2. The molecule has 6 unspecified atom stereocenters. The highest BCUT2D eigenvalue weighted by molar-refractivity contribution is 5.66. The number of fused-ring (bicyclic) bond motifs is 3. The van der Waals surface area contributed by atoms with E-state index in [4.69, 9.17) is 4.74 Å². The van der Waals surface area contributed by atoms with Crippen LogP contribution in [-0.4, -0.2) is 12.1 Å². The number of hydrogen-bond acceptors (Lipinski definition) is 2. The highest BCUT2D eigenvalue weighted by atomic mass is 16.5. The molecule has 0 aromatic carbocycles. The zero-order chi connectivity index (χ0) is 16.2. The number of carbonyl (C=O) groups is 1. The first kappa shape index (κ1) is 17.3. The van der Waals surface area contributed by atoms with Gasteiger partial charge in [0.1, 0.15) is 6.10 Å². The first-order valence-corrected chi connectivity index (χ1v) is 10.3. The van der Waals surface area contributed by atoms with Crippen LogP contribution in [0.25, 0.3) is 0 Å². The smallest absolute Gasteiger partial charge is 0.302 e. The maximum absolute atomic E-state index is 11.2. The van der Waals surface area contributed by atoms with Gasteiger partial charge in [-0.05, 0) is 74.5 Å². The van der Waals surface area contributed by atoms with Crippen LogP contribution in [0, 0.1) is 29.6 Å². The summed E-state index contributed by atoms with van der Waals surface area (Å²) in [4.78, 5) is 11.2. The highest BCUT2D eigenvalue weighted by Gasteiger charge is 2.44. The Morgan fingerprint density at radius 1 is 0.913 bits per heavy atom. The van der Waals surface area contributed by atoms with E-state index in [0.717, 1.165) is 42.4 Å². The van der Waals surface area contributed by atoms with Crippen molar-refractivity contribution in [1.82, 2.24) is 0 Å². The molecule has 3 aliphatic carbocycles. The molecule has 0 aliphatic heterocycles. The summed E-state index contributed by atoms with van der Waals surface area (Å²) in [6.45, 7) is 3.87. The van der Waals surface area contributed by atoms with E-state index >= 15 is 0 Å². The molecule has 3 aliphatic rings. The van der Waals surface area contributed by atoms with Gasteiger partial charge < -0.3 is 4.74 Å². The number of esters is 1. The van der Waals surface area contributed by atoms with Gasteiger partial charge in [0.15, 0.2) is 0 Å². The lowest BCUT2D eigenvalue weighted by molar-refractivity contribution is -0.151. The summed E-state index contributed by atoms with van der Waals surface area (Å²) in [5, 5.41) is 0. The van der Waals surface area contributed by atoms with Crippen LogP contribution in [0.5, 0.6) is 0 Å². The lowest BCUT2D eigenvalue weighted by atomic mass is 9.56. The fourth-order valence-corrected chi connectivity index (χ4v) is 6.14. The summed E-state index contributed by atoms with van der Waals surface area (Å²) in [6.07, 6.45) is 16.8. The molecule has 0 heterocycles. The van der Waals surface area contributed by atoms with Crippen molar-refractivity contribution in [3.63, 3.8) is 0 Å². The average Bonchev–Trinajstić information content (AvgIpc) is 2.54. The lowest BCUT2D eigenvalue weighted by Crippen LogP contribution is -2.43. The third-order valence-corrected chi connectivity index (χ3v) is 7.15. The van der Waals surface area contributed by atoms with Crippen molar-refractivity contribution in [2.24, 2.45) is 29.6 Å². The van der Waals surface area contributed by atoms with Crippen molar-refractivity contribution < 1.29 is 9.53 Å². The number of ether oxygens (including phenoxy) is 1. The molecule has 0 aromatic heterocycles. The van der Waals surface area contributed by atoms with Gasteiger partial charge >= 0.3 is 5.97 Å². The van der Waals surface area contributed by atoms with Gasteiger partial charge in [0, 0.05) is 6.92 Å². The zero-order valence-corrected chi connectivity index (χ0v) is 15.3. The van der Waals surface area contributed by atoms with Gasteiger partial charge in [-0.15, -0.1) is 0 Å². The molecule has 3 fully saturated rings. The monoisotopic (exact) mass is 320 g/mol. The Bertz CT molecular complexity index is 391. The molecule has 0 spiro atoms. The Kier molecular flexibility index (Phi) is 6.04. The molecule has 0 saturated heterocycles. The van der Waals surface area contributed by atoms with Gasteiger partial charge in [-0.25, -0.2) is 0 Å². The number of carbonyl (C=O) groups excluding carboxylic acids is 1. The van der Waals surface area contributed by atoms with E-state index in [0.29, 0.717) is 0 Å². The minimum Gasteiger partial charge on any atom is -0.463 e. The van der Waals surface area contributed by atoms with E-state index in [-0.39, 0.29) is 12.1 Å². The van der Waals surface area contributed by atoms with E-state index in [2.05, 4.69) is 6.92 Å². The van der Waals surface area contributed by atoms with Gasteiger partial charge in [0.2, 0.25) is 0 Å². The van der Waals surface area contributed by atoms with Crippen molar-refractivity contribution in [3.8, 4) is 0 Å². The van der Waals surface area contributed by atoms with Crippen molar-refractivity contribution in [2.45, 2.75) is 97.0 Å². The maximum Gasteiger partial charge on any atom is 0.302 e. The Labute approximate surface area is 142 Å². The molecule has 3 saturated carbocycles. The Morgan fingerprint density at radius 2 is 1.61 bits per heavy atom. The summed E-state index contributed by atoms with van der Waals surface area (Å²) in [5.74, 6) is 4.73. The lowest BCUT2D eigenvalue weighted by Gasteiger charge is -2.50. The number of hydrogen-bond donors (Lipinski definition) is 0. The second-order valence-electron chi connectivity index (χ2n) is 8.64. The molecule has 23 heavy (non-hydrogen) atoms. The summed E-state index contributed by atoms with van der Waals surface area (Å²) in [5.41, 5.74) is 0. The molecule has 132 valence electrons. The minimum atomic E-state index is -0.0882. The van der Waals surface area contributed by atoms with Crippen molar-refractivity contribution in [2.75, 3.05) is 0 Å². The largest absolute Gasteiger partial charge is 0.463 e. The summed E-state index contributed by atoms with van der Waals surface area (Å²) in [6, 6.07) is 0. The van der Waals surface area contributed by atoms with Gasteiger partial charge in [-0.1, -0.05) is 39.0 Å². The molecule has 6 atom stereocenters. The second kappa shape index (κ2) is 8.03. The van der Waals surface area contributed by atoms with Gasteiger partial charge in [0.25, 0.3) is 0 Å². The maximum atomic E-state index is 11.2. The molecule has 0 N–H and O–H groups in total. The first-order chi connectivity index (χ1) is 11.2. The Hall–Kier alpha value is -0.530. The van der Waals surface area contributed by atoms with Crippen molar-refractivity contribution in [3.05, 3.63) is 0 Å². The predicted molar refractivity (Wildman–Crippen MR) is 94.1 cm³/mol. The van der Waals surface area contributed by atoms with Crippen LogP contribution in [0.15, 0.2) is 0 Å². The quantitative estimate of drug-likeness (QED) is 0.477. The summed E-state index contributed by atoms with van der Waals surface area (Å²) < 4.78 is 5.51. The SMILES string of the molecule is CCCCCC1CCC2C(CCC3CC(OC(C)=O)CCC32)C1. The van der Waals surface area contributed by atoms with E-state index in [9.17, 15) is 4.79 Å². The van der Waals surface area contributed by atoms with E-state index in [1.54, 1.807) is 6.92 Å². The van der Waals surface area contributed by atoms with Crippen LogP contribution in [-0.2, 0) is 9.53 Å². The van der Waals surface area contributed by atoms with E-state index in [1.807, 2.05) is 0 Å². The van der Waals surface area contributed by atoms with Gasteiger partial charge in [0.05, 0.1) is 0 Å². The molecule has 0 radical (unpaired) electrons. The van der Waals surface area contributed by atoms with Crippen LogP contribution in [0.2, 0.25) is 0 Å². The topological polar surface area (TPSA) is 26.3 Å². The molecule has 0 amide bonds. The third kappa shape index (κ3) is 4.31. The highest BCUT2D eigenvalue weighted by Crippen LogP contribution is 2.53. The fraction of sp³-hybridized carbons (Fsp3) is 0.952. The zero-order valence-electron chi connectivity index (χ0n) is 15.3. The van der Waals surface area contributed by atoms with Crippen LogP contribution >= 0.6 is 0 Å². The molecule has 3 rings (SSSR count). The van der Waals surface area contributed by atoms with Gasteiger partial charge in [-0.2, -0.15) is 0 Å². The summed E-state index contributed by atoms with van der Waals surface area (Å²) in [7, 11) is 0. The van der Waals surface area contributed by atoms with Crippen molar-refractivity contribution in [1.29, 1.82) is 0 Å². The molecule has 0 aromatic rings. The van der Waals surface area contributed by atoms with Crippen LogP contribution < -0.4 is 0 Å². The molecule has 2 heteroatoms. The van der Waals surface area contributed by atoms with E-state index < -0.39 is 0 Å². The normalized spacial score (nSPS) is 40.1. The average molecular weight is 321 g/mol. The third-order valence-electron chi connectivity index (χ3n) is 7.15. The molecular weight excluding hydrogens is 284 g/mol. The summed E-state index contributed by atoms with van der Waals surface area (Å²) >= 11 is 0. The number of unbranched alkanes of at least 4 members (excludes halogenated alkanes) is 2. The van der Waals surface area contributed by atoms with Gasteiger partial charge in [-0.3, -0.25) is 4.79 Å². The van der Waals surface area contributed by atoms with Crippen molar-refractivity contribution >= 4 is 5.97 Å². The fourth-order valence-electron chi connectivity index (χ4n) is 6.14. The van der Waals surface area contributed by atoms with Crippen LogP contribution in [0.4, 0.5) is 0 Å². The number of rotatable bonds is 5. The second-order valence-corrected chi connectivity index (χ2v) is 8.64. The Morgan fingerprint density at radius 3 is 2.30 bits per heavy atom. The first-order valence-electron chi connectivity index (χ1n) is 10.3. The minimum absolute atomic E-state index is 0.0882. The molecule has 2 nitrogen and oxygen atoms in total. The van der Waals surface area contributed by atoms with Crippen LogP contribution in [0.1, 0.15) is 90.9 Å². The van der Waals surface area contributed by atoms with Crippen LogP contribution in [0.3, 0.4) is 0 Å². The Balaban J connectivity index is 1.50.